The average molecular weight is 619 g/mol. The smallest absolute Gasteiger partial charge is 0.338 e. The molecule has 2 aromatic heterocycles. The Hall–Kier alpha value is -5.40. The number of carbonyl (C=O) groups is 1. The van der Waals surface area contributed by atoms with Gasteiger partial charge in [0.05, 0.1) is 54.3 Å². The first-order valence-electron chi connectivity index (χ1n) is 14.4. The Bertz CT molecular complexity index is 2220. The topological polar surface area (TPSA) is 108 Å². The number of aromatic nitrogens is 2. The fraction of sp³-hybridized carbons (Fsp3) is 0.200. The largest absolute Gasteiger partial charge is 0.493 e. The van der Waals surface area contributed by atoms with Crippen LogP contribution in [0, 0.1) is 11.3 Å². The summed E-state index contributed by atoms with van der Waals surface area (Å²) in [5.74, 6) is 0.468. The molecule has 1 aliphatic heterocycles. The molecule has 0 amide bonds. The molecule has 9 nitrogen and oxygen atoms in total. The van der Waals surface area contributed by atoms with Gasteiger partial charge in [-0.25, -0.2) is 9.79 Å². The lowest BCUT2D eigenvalue weighted by molar-refractivity contribution is -0.139. The summed E-state index contributed by atoms with van der Waals surface area (Å²) in [5.41, 5.74) is 4.51. The van der Waals surface area contributed by atoms with Crippen molar-refractivity contribution in [1.29, 1.82) is 5.26 Å². The maximum atomic E-state index is 14.2. The third-order valence-corrected chi connectivity index (χ3v) is 8.81. The van der Waals surface area contributed by atoms with Crippen LogP contribution in [0.3, 0.4) is 0 Å². The lowest BCUT2D eigenvalue weighted by Gasteiger charge is -2.25. The van der Waals surface area contributed by atoms with Gasteiger partial charge in [0.2, 0.25) is 0 Å². The van der Waals surface area contributed by atoms with Gasteiger partial charge in [0.25, 0.3) is 5.56 Å². The van der Waals surface area contributed by atoms with Crippen LogP contribution in [0.25, 0.3) is 17.0 Å². The van der Waals surface area contributed by atoms with Crippen LogP contribution in [-0.2, 0) is 16.1 Å². The predicted molar refractivity (Wildman–Crippen MR) is 172 cm³/mol. The second-order valence-corrected chi connectivity index (χ2v) is 11.4. The summed E-state index contributed by atoms with van der Waals surface area (Å²) in [6.45, 7) is 4.18. The normalized spacial score (nSPS) is 14.6. The van der Waals surface area contributed by atoms with E-state index in [4.69, 9.17) is 19.2 Å². The Labute approximate surface area is 263 Å². The highest BCUT2D eigenvalue weighted by Crippen LogP contribution is 2.36. The van der Waals surface area contributed by atoms with Crippen LogP contribution in [0.2, 0.25) is 0 Å². The molecular formula is C35H30N4O5S. The molecule has 1 atom stereocenters. The molecular weight excluding hydrogens is 588 g/mol. The number of thiazole rings is 1. The highest BCUT2D eigenvalue weighted by Gasteiger charge is 2.34. The van der Waals surface area contributed by atoms with Crippen LogP contribution in [-0.4, -0.2) is 35.9 Å². The number of nitriles is 1. The number of fused-ring (bicyclic) bond motifs is 2. The molecule has 1 aliphatic rings. The third kappa shape index (κ3) is 5.32. The number of benzene rings is 3. The van der Waals surface area contributed by atoms with Crippen LogP contribution >= 0.6 is 11.3 Å². The Morgan fingerprint density at radius 3 is 2.58 bits per heavy atom. The van der Waals surface area contributed by atoms with E-state index in [2.05, 4.69) is 10.6 Å². The van der Waals surface area contributed by atoms with Gasteiger partial charge in [-0.05, 0) is 55.3 Å². The summed E-state index contributed by atoms with van der Waals surface area (Å²) in [5, 5.41) is 10.6. The van der Waals surface area contributed by atoms with E-state index in [0.29, 0.717) is 44.2 Å². The highest BCUT2D eigenvalue weighted by molar-refractivity contribution is 7.07. The third-order valence-electron chi connectivity index (χ3n) is 7.82. The van der Waals surface area contributed by atoms with Crippen molar-refractivity contribution in [2.75, 3.05) is 20.8 Å². The zero-order valence-corrected chi connectivity index (χ0v) is 26.1. The summed E-state index contributed by atoms with van der Waals surface area (Å²) < 4.78 is 20.5. The maximum absolute atomic E-state index is 14.2. The molecule has 0 unspecified atom stereocenters. The molecule has 45 heavy (non-hydrogen) atoms. The molecule has 0 N–H and O–H groups in total. The Kier molecular flexibility index (Phi) is 8.11. The number of hydrogen-bond acceptors (Lipinski definition) is 8. The summed E-state index contributed by atoms with van der Waals surface area (Å²) in [6, 6.07) is 22.3. The molecule has 0 saturated heterocycles. The van der Waals surface area contributed by atoms with Gasteiger partial charge in [-0.2, -0.15) is 5.26 Å². The fourth-order valence-corrected chi connectivity index (χ4v) is 6.78. The van der Waals surface area contributed by atoms with Crippen molar-refractivity contribution in [3.8, 4) is 17.6 Å². The molecule has 6 rings (SSSR count). The van der Waals surface area contributed by atoms with Crippen LogP contribution < -0.4 is 24.4 Å². The van der Waals surface area contributed by atoms with Crippen molar-refractivity contribution >= 4 is 34.3 Å². The number of allylic oxidation sites excluding steroid dienone is 1. The van der Waals surface area contributed by atoms with E-state index in [1.165, 1.54) is 18.4 Å². The molecule has 0 bridgehead atoms. The summed E-state index contributed by atoms with van der Waals surface area (Å²) >= 11 is 1.27. The highest BCUT2D eigenvalue weighted by atomic mass is 32.1. The van der Waals surface area contributed by atoms with Crippen LogP contribution in [0.4, 0.5) is 0 Å². The molecule has 0 radical (unpaired) electrons. The second kappa shape index (κ2) is 12.3. The lowest BCUT2D eigenvalue weighted by Crippen LogP contribution is -2.39. The van der Waals surface area contributed by atoms with Crippen molar-refractivity contribution < 1.29 is 19.0 Å². The quantitative estimate of drug-likeness (QED) is 0.234. The molecule has 0 saturated carbocycles. The number of ether oxygens (including phenoxy) is 3. The van der Waals surface area contributed by atoms with Gasteiger partial charge >= 0.3 is 5.97 Å². The van der Waals surface area contributed by atoms with E-state index >= 15 is 0 Å². The molecule has 3 heterocycles. The number of nitrogens with zero attached hydrogens (tertiary/aromatic N) is 4. The predicted octanol–water partition coefficient (Wildman–Crippen LogP) is 4.69. The van der Waals surface area contributed by atoms with E-state index in [-0.39, 0.29) is 17.7 Å². The van der Waals surface area contributed by atoms with Gasteiger partial charge in [0, 0.05) is 29.2 Å². The molecule has 10 heteroatoms. The number of para-hydroxylation sites is 1. The van der Waals surface area contributed by atoms with Gasteiger partial charge in [-0.1, -0.05) is 53.8 Å². The Morgan fingerprint density at radius 1 is 1.07 bits per heavy atom. The van der Waals surface area contributed by atoms with Crippen LogP contribution in [0.15, 0.2) is 94.0 Å². The Balaban J connectivity index is 1.53. The van der Waals surface area contributed by atoms with E-state index in [1.807, 2.05) is 66.9 Å². The monoisotopic (exact) mass is 618 g/mol. The van der Waals surface area contributed by atoms with Crippen molar-refractivity contribution in [1.82, 2.24) is 9.13 Å². The zero-order chi connectivity index (χ0) is 31.7. The number of hydrogen-bond donors (Lipinski definition) is 0. The first-order valence-corrected chi connectivity index (χ1v) is 15.2. The van der Waals surface area contributed by atoms with Crippen molar-refractivity contribution in [2.24, 2.45) is 4.99 Å². The maximum Gasteiger partial charge on any atom is 0.338 e. The van der Waals surface area contributed by atoms with Crippen molar-refractivity contribution in [3.63, 3.8) is 0 Å². The van der Waals surface area contributed by atoms with E-state index in [9.17, 15) is 14.9 Å². The molecule has 0 spiro atoms. The zero-order valence-electron chi connectivity index (χ0n) is 25.2. The minimum Gasteiger partial charge on any atom is -0.493 e. The second-order valence-electron chi connectivity index (χ2n) is 10.4. The number of rotatable bonds is 8. The van der Waals surface area contributed by atoms with Crippen LogP contribution in [0.5, 0.6) is 11.5 Å². The van der Waals surface area contributed by atoms with Crippen molar-refractivity contribution in [2.45, 2.75) is 26.4 Å². The SMILES string of the molecule is CCOC(=O)C1=C(C)N=c2s/c(=C/c3cn(Cc4ccccc4C#N)c4ccccc34)c(=O)n2[C@H]1c1ccc(OC)c(OC)c1. The standard InChI is InChI=1S/C35H30N4O5S/c1-5-44-34(41)31-21(2)37-35-39(32(31)22-14-15-28(42-3)29(16-22)43-4)33(40)30(45-35)17-25-20-38(27-13-9-8-12-26(25)27)19-24-11-7-6-10-23(24)18-36/h6-17,20,32H,5,19H2,1-4H3/b30-17+/t32-/m0/s1. The summed E-state index contributed by atoms with van der Waals surface area (Å²) in [4.78, 5) is 32.7. The van der Waals surface area contributed by atoms with E-state index in [1.54, 1.807) is 37.7 Å². The molecule has 226 valence electrons. The van der Waals surface area contributed by atoms with E-state index < -0.39 is 12.0 Å². The first-order chi connectivity index (χ1) is 21.9. The Morgan fingerprint density at radius 2 is 1.82 bits per heavy atom. The van der Waals surface area contributed by atoms with Gasteiger partial charge < -0.3 is 18.8 Å². The number of carbonyl (C=O) groups excluding carboxylic acids is 1. The number of esters is 1. The first kappa shape index (κ1) is 29.7. The summed E-state index contributed by atoms with van der Waals surface area (Å²) in [6.07, 6.45) is 3.87. The molecule has 0 fully saturated rings. The van der Waals surface area contributed by atoms with Gasteiger partial charge in [0.1, 0.15) is 0 Å². The molecule has 0 aliphatic carbocycles. The molecule has 3 aromatic carbocycles. The minimum absolute atomic E-state index is 0.182. The lowest BCUT2D eigenvalue weighted by atomic mass is 9.95. The van der Waals surface area contributed by atoms with Gasteiger partial charge in [0.15, 0.2) is 16.3 Å². The van der Waals surface area contributed by atoms with Crippen molar-refractivity contribution in [3.05, 3.63) is 126 Å². The summed E-state index contributed by atoms with van der Waals surface area (Å²) in [7, 11) is 3.09. The average Bonchev–Trinajstić information content (AvgIpc) is 3.56. The molecule has 5 aromatic rings. The van der Waals surface area contributed by atoms with Crippen LogP contribution in [0.1, 0.15) is 42.1 Å². The van der Waals surface area contributed by atoms with Gasteiger partial charge in [-0.3, -0.25) is 9.36 Å². The number of methoxy groups -OCH3 is 2. The fourth-order valence-electron chi connectivity index (χ4n) is 5.74. The van der Waals surface area contributed by atoms with Gasteiger partial charge in [-0.15, -0.1) is 0 Å². The minimum atomic E-state index is -0.786. The van der Waals surface area contributed by atoms with E-state index in [0.717, 1.165) is 22.0 Å².